The van der Waals surface area contributed by atoms with Crippen molar-refractivity contribution in [2.45, 2.75) is 92.9 Å². The highest BCUT2D eigenvalue weighted by Gasteiger charge is 2.61. The molecule has 4 bridgehead atoms. The van der Waals surface area contributed by atoms with Gasteiger partial charge in [0, 0.05) is 0 Å². The lowest BCUT2D eigenvalue weighted by atomic mass is 9.69. The zero-order valence-corrected chi connectivity index (χ0v) is 20.3. The second kappa shape index (κ2) is 9.66. The second-order valence-electron chi connectivity index (χ2n) is 10.9. The van der Waals surface area contributed by atoms with Crippen LogP contribution in [0.3, 0.4) is 0 Å². The lowest BCUT2D eigenvalue weighted by Crippen LogP contribution is -3.00. The molecule has 1 nitrogen and oxygen atoms in total. The highest BCUT2D eigenvalue weighted by Crippen LogP contribution is 2.70. The molecule has 0 heterocycles. The molecular formula is C25H48ClN. The molecule has 3 aliphatic carbocycles. The summed E-state index contributed by atoms with van der Waals surface area (Å²) in [5.74, 6) is 2.79. The van der Waals surface area contributed by atoms with Crippen molar-refractivity contribution in [2.24, 2.45) is 28.6 Å². The normalized spacial score (nSPS) is 33.7. The van der Waals surface area contributed by atoms with Gasteiger partial charge in [0.05, 0.1) is 26.7 Å². The second-order valence-corrected chi connectivity index (χ2v) is 10.9. The van der Waals surface area contributed by atoms with Crippen LogP contribution in [0.25, 0.3) is 0 Å². The Balaban J connectivity index is 0.000000276. The number of halogens is 1. The smallest absolute Gasteiger partial charge is 0.0781 e. The average molecular weight is 398 g/mol. The first-order valence-corrected chi connectivity index (χ1v) is 11.7. The van der Waals surface area contributed by atoms with E-state index in [0.717, 1.165) is 17.8 Å². The molecule has 0 radical (unpaired) electrons. The molecule has 0 spiro atoms. The van der Waals surface area contributed by atoms with Crippen LogP contribution in [0.4, 0.5) is 0 Å². The number of quaternary nitrogens is 1. The van der Waals surface area contributed by atoms with Crippen LogP contribution < -0.4 is 12.4 Å². The molecule has 0 aromatic heterocycles. The van der Waals surface area contributed by atoms with Crippen LogP contribution >= 0.6 is 0 Å². The molecule has 0 saturated heterocycles. The summed E-state index contributed by atoms with van der Waals surface area (Å²) >= 11 is 0. The van der Waals surface area contributed by atoms with E-state index in [9.17, 15) is 0 Å². The zero-order valence-electron chi connectivity index (χ0n) is 19.5. The first-order chi connectivity index (χ1) is 12.1. The van der Waals surface area contributed by atoms with Crippen molar-refractivity contribution in [3.63, 3.8) is 0 Å². The molecule has 3 rings (SSSR count). The molecule has 27 heavy (non-hydrogen) atoms. The maximum Gasteiger partial charge on any atom is 0.0781 e. The van der Waals surface area contributed by atoms with E-state index >= 15 is 0 Å². The molecule has 3 saturated carbocycles. The third-order valence-corrected chi connectivity index (χ3v) is 8.37. The maximum absolute atomic E-state index is 4.46. The van der Waals surface area contributed by atoms with Crippen LogP contribution in [0.5, 0.6) is 0 Å². The molecule has 160 valence electrons. The van der Waals surface area contributed by atoms with Crippen molar-refractivity contribution in [3.8, 4) is 0 Å². The molecule has 4 atom stereocenters. The van der Waals surface area contributed by atoms with E-state index in [-0.39, 0.29) is 12.4 Å². The molecular weight excluding hydrogens is 350 g/mol. The van der Waals surface area contributed by atoms with Crippen LogP contribution in [0, 0.1) is 28.6 Å². The van der Waals surface area contributed by atoms with Crippen LogP contribution in [0.1, 0.15) is 92.9 Å². The molecule has 0 aromatic carbocycles. The van der Waals surface area contributed by atoms with Gasteiger partial charge in [0.1, 0.15) is 0 Å². The third kappa shape index (κ3) is 4.95. The Hall–Kier alpha value is -0.0100. The van der Waals surface area contributed by atoms with Gasteiger partial charge in [-0.2, -0.15) is 0 Å². The first kappa shape index (κ1) is 25.0. The van der Waals surface area contributed by atoms with E-state index in [0.29, 0.717) is 10.8 Å². The van der Waals surface area contributed by atoms with E-state index < -0.39 is 0 Å². The largest absolute Gasteiger partial charge is 1.00 e. The number of rotatable bonds is 6. The van der Waals surface area contributed by atoms with Crippen LogP contribution in [0.15, 0.2) is 12.2 Å². The van der Waals surface area contributed by atoms with Crippen molar-refractivity contribution < 1.29 is 16.9 Å². The maximum atomic E-state index is 4.46. The Kier molecular flexibility index (Phi) is 8.95. The third-order valence-electron chi connectivity index (χ3n) is 8.37. The summed E-state index contributed by atoms with van der Waals surface area (Å²) < 4.78 is 1.28. The van der Waals surface area contributed by atoms with Gasteiger partial charge < -0.3 is 16.9 Å². The number of hydrogen-bond acceptors (Lipinski definition) is 0. The highest BCUT2D eigenvalue weighted by atomic mass is 35.5. The molecule has 4 unspecified atom stereocenters. The molecule has 0 amide bonds. The molecule has 3 aliphatic rings. The van der Waals surface area contributed by atoms with Gasteiger partial charge >= 0.3 is 0 Å². The van der Waals surface area contributed by atoms with Gasteiger partial charge in [0.2, 0.25) is 0 Å². The fraction of sp³-hybridized carbons (Fsp3) is 0.920. The topological polar surface area (TPSA) is 0 Å². The van der Waals surface area contributed by atoms with Crippen molar-refractivity contribution in [3.05, 3.63) is 12.2 Å². The summed E-state index contributed by atoms with van der Waals surface area (Å²) in [4.78, 5) is 0. The van der Waals surface area contributed by atoms with Crippen molar-refractivity contribution in [1.29, 1.82) is 0 Å². The molecule has 3 fully saturated rings. The summed E-state index contributed by atoms with van der Waals surface area (Å²) in [7, 11) is 2.39. The number of allylic oxidation sites excluding steroid dienone is 1. The standard InChI is InChI=1S/C15H24.C10H24N.ClH/c1-10-11-6-7-12-13(11)14(2,3)8-5-9-15(10,12)4;1-5-8-11(4,9-6-2)10-7-3;/h11-13H,1,5-9H2,2-4H3;5-10H2,1-4H3;1H/q;+1;/p-1. The average Bonchev–Trinajstić information content (AvgIpc) is 3.04. The van der Waals surface area contributed by atoms with Gasteiger partial charge in [-0.25, -0.2) is 0 Å². The van der Waals surface area contributed by atoms with E-state index in [1.807, 2.05) is 0 Å². The van der Waals surface area contributed by atoms with Crippen molar-refractivity contribution in [2.75, 3.05) is 26.7 Å². The van der Waals surface area contributed by atoms with Crippen molar-refractivity contribution in [1.82, 2.24) is 0 Å². The fourth-order valence-corrected chi connectivity index (χ4v) is 7.23. The van der Waals surface area contributed by atoms with E-state index in [1.54, 1.807) is 5.57 Å². The summed E-state index contributed by atoms with van der Waals surface area (Å²) in [5, 5.41) is 0. The Morgan fingerprint density at radius 2 is 1.44 bits per heavy atom. The van der Waals surface area contributed by atoms with Crippen LogP contribution in [0.2, 0.25) is 0 Å². The molecule has 0 aromatic rings. The number of hydrogen-bond donors (Lipinski definition) is 0. The van der Waals surface area contributed by atoms with E-state index in [1.165, 1.54) is 75.5 Å². The summed E-state index contributed by atoms with van der Waals surface area (Å²) in [6.45, 7) is 22.9. The number of nitrogens with zero attached hydrogens (tertiary/aromatic N) is 1. The van der Waals surface area contributed by atoms with Gasteiger partial charge in [-0.3, -0.25) is 0 Å². The van der Waals surface area contributed by atoms with Gasteiger partial charge in [-0.1, -0.05) is 60.1 Å². The Morgan fingerprint density at radius 1 is 0.926 bits per heavy atom. The quantitative estimate of drug-likeness (QED) is 0.468. The first-order valence-electron chi connectivity index (χ1n) is 11.7. The zero-order chi connectivity index (χ0) is 19.6. The van der Waals surface area contributed by atoms with Crippen LogP contribution in [-0.4, -0.2) is 31.2 Å². The SMILES string of the molecule is C=C1C2CCC3C2C(C)(C)CCCC13C.CCC[N+](C)(CCC)CCC.[Cl-]. The molecule has 2 heteroatoms. The van der Waals surface area contributed by atoms with E-state index in [2.05, 4.69) is 55.2 Å². The van der Waals surface area contributed by atoms with Gasteiger partial charge in [0.15, 0.2) is 0 Å². The minimum Gasteiger partial charge on any atom is -1.00 e. The van der Waals surface area contributed by atoms with Gasteiger partial charge in [-0.15, -0.1) is 0 Å². The Bertz CT molecular complexity index is 466. The Labute approximate surface area is 177 Å². The fourth-order valence-electron chi connectivity index (χ4n) is 7.23. The highest BCUT2D eigenvalue weighted by molar-refractivity contribution is 5.29. The van der Waals surface area contributed by atoms with E-state index in [4.69, 9.17) is 0 Å². The minimum atomic E-state index is 0. The van der Waals surface area contributed by atoms with Crippen molar-refractivity contribution >= 4 is 0 Å². The van der Waals surface area contributed by atoms with Gasteiger partial charge in [-0.05, 0) is 73.5 Å². The predicted molar refractivity (Wildman–Crippen MR) is 116 cm³/mol. The van der Waals surface area contributed by atoms with Gasteiger partial charge in [0.25, 0.3) is 0 Å². The minimum absolute atomic E-state index is 0. The lowest BCUT2D eigenvalue weighted by molar-refractivity contribution is -0.909. The summed E-state index contributed by atoms with van der Waals surface area (Å²) in [5.41, 5.74) is 2.71. The molecule has 0 N–H and O–H groups in total. The lowest BCUT2D eigenvalue weighted by Gasteiger charge is -2.35. The monoisotopic (exact) mass is 397 g/mol. The molecule has 0 aliphatic heterocycles. The Morgan fingerprint density at radius 3 is 1.93 bits per heavy atom. The predicted octanol–water partition coefficient (Wildman–Crippen LogP) is 4.08. The summed E-state index contributed by atoms with van der Waals surface area (Å²) in [6, 6.07) is 0. The summed E-state index contributed by atoms with van der Waals surface area (Å²) in [6.07, 6.45) is 11.1. The van der Waals surface area contributed by atoms with Crippen LogP contribution in [-0.2, 0) is 0 Å².